The smallest absolute Gasteiger partial charge is 0.143 e. The summed E-state index contributed by atoms with van der Waals surface area (Å²) < 4.78 is 7.49. The lowest BCUT2D eigenvalue weighted by atomic mass is 10.0. The monoisotopic (exact) mass is 218 g/mol. The van der Waals surface area contributed by atoms with Crippen molar-refractivity contribution in [1.29, 1.82) is 0 Å². The van der Waals surface area contributed by atoms with E-state index in [1.54, 1.807) is 7.11 Å². The Hall–Kier alpha value is -1.48. The van der Waals surface area contributed by atoms with Crippen LogP contribution < -0.4 is 10.5 Å². The standard InChI is InChI=1S/C13H18N2O/c1-9(7-14)11-8-15(2)13-10(11)5-4-6-12(13)16-3/h4-6,8-9H,7,14H2,1-3H3. The number of rotatable bonds is 3. The number of nitrogens with zero attached hydrogens (tertiary/aromatic N) is 1. The zero-order valence-electron chi connectivity index (χ0n) is 10.0. The first-order chi connectivity index (χ1) is 7.69. The van der Waals surface area contributed by atoms with Gasteiger partial charge in [-0.2, -0.15) is 0 Å². The van der Waals surface area contributed by atoms with Crippen molar-refractivity contribution in [3.63, 3.8) is 0 Å². The van der Waals surface area contributed by atoms with Crippen molar-refractivity contribution in [2.45, 2.75) is 12.8 Å². The van der Waals surface area contributed by atoms with Gasteiger partial charge in [0.1, 0.15) is 5.75 Å². The van der Waals surface area contributed by atoms with Gasteiger partial charge in [0.15, 0.2) is 0 Å². The minimum Gasteiger partial charge on any atom is -0.495 e. The lowest BCUT2D eigenvalue weighted by Gasteiger charge is -2.07. The van der Waals surface area contributed by atoms with E-state index in [0.29, 0.717) is 12.5 Å². The van der Waals surface area contributed by atoms with Crippen molar-refractivity contribution >= 4 is 10.9 Å². The van der Waals surface area contributed by atoms with E-state index in [1.807, 2.05) is 19.2 Å². The summed E-state index contributed by atoms with van der Waals surface area (Å²) >= 11 is 0. The lowest BCUT2D eigenvalue weighted by molar-refractivity contribution is 0.418. The second kappa shape index (κ2) is 4.18. The summed E-state index contributed by atoms with van der Waals surface area (Å²) in [5.74, 6) is 1.28. The molecule has 0 radical (unpaired) electrons. The normalized spacial score (nSPS) is 13.0. The van der Waals surface area contributed by atoms with Gasteiger partial charge >= 0.3 is 0 Å². The number of ether oxygens (including phenoxy) is 1. The molecule has 16 heavy (non-hydrogen) atoms. The van der Waals surface area contributed by atoms with Crippen LogP contribution in [0.5, 0.6) is 5.75 Å². The molecular formula is C13H18N2O. The SMILES string of the molecule is COc1cccc2c(C(C)CN)cn(C)c12. The van der Waals surface area contributed by atoms with Gasteiger partial charge in [0.25, 0.3) is 0 Å². The van der Waals surface area contributed by atoms with Crippen molar-refractivity contribution in [1.82, 2.24) is 4.57 Å². The summed E-state index contributed by atoms with van der Waals surface area (Å²) in [5.41, 5.74) is 8.16. The number of methoxy groups -OCH3 is 1. The number of fused-ring (bicyclic) bond motifs is 1. The van der Waals surface area contributed by atoms with Crippen LogP contribution in [0.4, 0.5) is 0 Å². The third-order valence-corrected chi connectivity index (χ3v) is 3.10. The highest BCUT2D eigenvalue weighted by Gasteiger charge is 2.14. The van der Waals surface area contributed by atoms with Gasteiger partial charge in [-0.15, -0.1) is 0 Å². The van der Waals surface area contributed by atoms with Crippen molar-refractivity contribution in [3.8, 4) is 5.75 Å². The van der Waals surface area contributed by atoms with E-state index < -0.39 is 0 Å². The van der Waals surface area contributed by atoms with Crippen LogP contribution in [-0.2, 0) is 7.05 Å². The Morgan fingerprint density at radius 2 is 2.19 bits per heavy atom. The molecule has 2 N–H and O–H groups in total. The Morgan fingerprint density at radius 3 is 2.81 bits per heavy atom. The molecule has 0 aliphatic carbocycles. The van der Waals surface area contributed by atoms with Gasteiger partial charge in [-0.25, -0.2) is 0 Å². The number of hydrogen-bond acceptors (Lipinski definition) is 2. The van der Waals surface area contributed by atoms with Crippen molar-refractivity contribution in [2.24, 2.45) is 12.8 Å². The second-order valence-corrected chi connectivity index (χ2v) is 4.19. The minimum absolute atomic E-state index is 0.371. The summed E-state index contributed by atoms with van der Waals surface area (Å²) in [6, 6.07) is 6.13. The molecule has 0 amide bonds. The highest BCUT2D eigenvalue weighted by molar-refractivity contribution is 5.89. The highest BCUT2D eigenvalue weighted by Crippen LogP contribution is 2.32. The average Bonchev–Trinajstić information content (AvgIpc) is 2.66. The molecule has 0 spiro atoms. The van der Waals surface area contributed by atoms with Gasteiger partial charge in [0, 0.05) is 18.6 Å². The maximum atomic E-state index is 5.73. The van der Waals surface area contributed by atoms with Gasteiger partial charge in [-0.3, -0.25) is 0 Å². The largest absolute Gasteiger partial charge is 0.495 e. The summed E-state index contributed by atoms with van der Waals surface area (Å²) in [4.78, 5) is 0. The zero-order chi connectivity index (χ0) is 11.7. The summed E-state index contributed by atoms with van der Waals surface area (Å²) in [6.07, 6.45) is 2.14. The van der Waals surface area contributed by atoms with Crippen LogP contribution in [-0.4, -0.2) is 18.2 Å². The van der Waals surface area contributed by atoms with E-state index in [2.05, 4.69) is 23.8 Å². The van der Waals surface area contributed by atoms with Gasteiger partial charge in [0.05, 0.1) is 12.6 Å². The molecular weight excluding hydrogens is 200 g/mol. The molecule has 2 rings (SSSR count). The quantitative estimate of drug-likeness (QED) is 0.858. The van der Waals surface area contributed by atoms with Crippen LogP contribution in [0.25, 0.3) is 10.9 Å². The van der Waals surface area contributed by atoms with Crippen LogP contribution >= 0.6 is 0 Å². The number of para-hydroxylation sites is 1. The topological polar surface area (TPSA) is 40.2 Å². The van der Waals surface area contributed by atoms with Gasteiger partial charge in [-0.1, -0.05) is 19.1 Å². The van der Waals surface area contributed by atoms with Crippen molar-refractivity contribution in [3.05, 3.63) is 30.0 Å². The molecule has 0 fully saturated rings. The summed E-state index contributed by atoms with van der Waals surface area (Å²) in [6.45, 7) is 2.81. The van der Waals surface area contributed by atoms with E-state index in [0.717, 1.165) is 11.3 Å². The van der Waals surface area contributed by atoms with E-state index in [9.17, 15) is 0 Å². The van der Waals surface area contributed by atoms with Crippen LogP contribution in [0, 0.1) is 0 Å². The Morgan fingerprint density at radius 1 is 1.44 bits per heavy atom. The highest BCUT2D eigenvalue weighted by atomic mass is 16.5. The first-order valence-electron chi connectivity index (χ1n) is 5.51. The van der Waals surface area contributed by atoms with E-state index in [4.69, 9.17) is 10.5 Å². The molecule has 0 aliphatic heterocycles. The maximum absolute atomic E-state index is 5.73. The summed E-state index contributed by atoms with van der Waals surface area (Å²) in [7, 11) is 3.74. The molecule has 1 aromatic heterocycles. The van der Waals surface area contributed by atoms with Gasteiger partial charge < -0.3 is 15.0 Å². The number of aromatic nitrogens is 1. The van der Waals surface area contributed by atoms with Crippen molar-refractivity contribution in [2.75, 3.05) is 13.7 Å². The molecule has 3 heteroatoms. The molecule has 0 saturated carbocycles. The summed E-state index contributed by atoms with van der Waals surface area (Å²) in [5, 5.41) is 1.24. The fourth-order valence-corrected chi connectivity index (χ4v) is 2.15. The number of hydrogen-bond donors (Lipinski definition) is 1. The molecule has 2 aromatic rings. The molecule has 1 aromatic carbocycles. The fraction of sp³-hybridized carbons (Fsp3) is 0.385. The third-order valence-electron chi connectivity index (χ3n) is 3.10. The number of aryl methyl sites for hydroxylation is 1. The zero-order valence-corrected chi connectivity index (χ0v) is 10.0. The molecule has 0 aliphatic rings. The predicted octanol–water partition coefficient (Wildman–Crippen LogP) is 2.25. The lowest BCUT2D eigenvalue weighted by Crippen LogP contribution is -2.08. The maximum Gasteiger partial charge on any atom is 0.143 e. The molecule has 1 unspecified atom stereocenters. The number of benzene rings is 1. The Bertz CT molecular complexity index is 502. The Balaban J connectivity index is 2.71. The Labute approximate surface area is 95.8 Å². The number of nitrogens with two attached hydrogens (primary N) is 1. The molecule has 1 atom stereocenters. The molecule has 1 heterocycles. The fourth-order valence-electron chi connectivity index (χ4n) is 2.15. The molecule has 86 valence electrons. The average molecular weight is 218 g/mol. The van der Waals surface area contributed by atoms with Crippen LogP contribution in [0.15, 0.2) is 24.4 Å². The van der Waals surface area contributed by atoms with Gasteiger partial charge in [-0.05, 0) is 24.1 Å². The van der Waals surface area contributed by atoms with Gasteiger partial charge in [0.2, 0.25) is 0 Å². The first kappa shape index (κ1) is 11.0. The molecule has 0 saturated heterocycles. The van der Waals surface area contributed by atoms with Crippen LogP contribution in [0.3, 0.4) is 0 Å². The Kier molecular flexibility index (Phi) is 2.88. The van der Waals surface area contributed by atoms with E-state index in [1.165, 1.54) is 10.9 Å². The molecule has 0 bridgehead atoms. The predicted molar refractivity (Wildman–Crippen MR) is 66.9 cm³/mol. The van der Waals surface area contributed by atoms with Crippen molar-refractivity contribution < 1.29 is 4.74 Å². The van der Waals surface area contributed by atoms with E-state index in [-0.39, 0.29) is 0 Å². The molecule has 3 nitrogen and oxygen atoms in total. The van der Waals surface area contributed by atoms with E-state index >= 15 is 0 Å². The first-order valence-corrected chi connectivity index (χ1v) is 5.51. The van der Waals surface area contributed by atoms with Crippen LogP contribution in [0.1, 0.15) is 18.4 Å². The second-order valence-electron chi connectivity index (χ2n) is 4.19. The van der Waals surface area contributed by atoms with Crippen LogP contribution in [0.2, 0.25) is 0 Å². The minimum atomic E-state index is 0.371. The third kappa shape index (κ3) is 1.57.